The smallest absolute Gasteiger partial charge is 0.339 e. The Labute approximate surface area is 109 Å². The predicted molar refractivity (Wildman–Crippen MR) is 65.3 cm³/mol. The number of sulfonamides is 1. The number of benzene rings is 1. The first-order chi connectivity index (χ1) is 8.71. The number of hydrogen-bond acceptors (Lipinski definition) is 6. The summed E-state index contributed by atoms with van der Waals surface area (Å²) in [4.78, 5) is 21.1. The molecule has 0 saturated carbocycles. The summed E-state index contributed by atoms with van der Waals surface area (Å²) in [5.74, 6) is -0.955. The van der Waals surface area contributed by atoms with Gasteiger partial charge in [0.25, 0.3) is 5.69 Å². The minimum absolute atomic E-state index is 0.338. The van der Waals surface area contributed by atoms with Gasteiger partial charge in [-0.3, -0.25) is 10.1 Å². The molecule has 9 heteroatoms. The first-order valence-electron chi connectivity index (χ1n) is 5.01. The summed E-state index contributed by atoms with van der Waals surface area (Å²) in [5, 5.41) is 10.7. The Morgan fingerprint density at radius 2 is 1.95 bits per heavy atom. The van der Waals surface area contributed by atoms with Gasteiger partial charge in [-0.25, -0.2) is 17.5 Å². The molecule has 0 radical (unpaired) electrons. The molecule has 0 N–H and O–H groups in total. The largest absolute Gasteiger partial charge is 0.465 e. The number of hydrogen-bond donors (Lipinski definition) is 0. The van der Waals surface area contributed by atoms with E-state index < -0.39 is 26.6 Å². The summed E-state index contributed by atoms with van der Waals surface area (Å²) in [6.07, 6.45) is 0. The van der Waals surface area contributed by atoms with Gasteiger partial charge in [0.15, 0.2) is 0 Å². The van der Waals surface area contributed by atoms with Gasteiger partial charge in [0.1, 0.15) is 0 Å². The van der Waals surface area contributed by atoms with Crippen molar-refractivity contribution in [2.24, 2.45) is 0 Å². The fraction of sp³-hybridized carbons (Fsp3) is 0.300. The molecular formula is C10H12N2O6S. The van der Waals surface area contributed by atoms with E-state index in [2.05, 4.69) is 4.74 Å². The maximum Gasteiger partial charge on any atom is 0.339 e. The van der Waals surface area contributed by atoms with Crippen molar-refractivity contribution in [3.63, 3.8) is 0 Å². The highest BCUT2D eigenvalue weighted by Gasteiger charge is 2.27. The highest BCUT2D eigenvalue weighted by molar-refractivity contribution is 7.89. The van der Waals surface area contributed by atoms with E-state index in [0.29, 0.717) is 0 Å². The third-order valence-corrected chi connectivity index (χ3v) is 4.21. The van der Waals surface area contributed by atoms with Crippen LogP contribution in [0.3, 0.4) is 0 Å². The molecular weight excluding hydrogens is 276 g/mol. The van der Waals surface area contributed by atoms with Crippen molar-refractivity contribution in [1.29, 1.82) is 0 Å². The van der Waals surface area contributed by atoms with Crippen LogP contribution in [0.5, 0.6) is 0 Å². The van der Waals surface area contributed by atoms with E-state index in [1.165, 1.54) is 14.1 Å². The van der Waals surface area contributed by atoms with E-state index in [4.69, 9.17) is 0 Å². The Morgan fingerprint density at radius 3 is 2.37 bits per heavy atom. The van der Waals surface area contributed by atoms with Crippen LogP contribution in [0.25, 0.3) is 0 Å². The average Bonchev–Trinajstić information content (AvgIpc) is 2.36. The second-order valence-corrected chi connectivity index (χ2v) is 5.84. The Hall–Kier alpha value is -2.00. The number of non-ortho nitro benzene ring substituents is 1. The zero-order valence-corrected chi connectivity index (χ0v) is 11.3. The Morgan fingerprint density at radius 1 is 1.37 bits per heavy atom. The normalized spacial score (nSPS) is 11.4. The van der Waals surface area contributed by atoms with Crippen molar-refractivity contribution in [3.05, 3.63) is 33.9 Å². The zero-order chi connectivity index (χ0) is 14.8. The first-order valence-corrected chi connectivity index (χ1v) is 6.45. The molecule has 0 unspecified atom stereocenters. The van der Waals surface area contributed by atoms with Gasteiger partial charge < -0.3 is 4.74 Å². The van der Waals surface area contributed by atoms with Gasteiger partial charge in [0.05, 0.1) is 22.5 Å². The molecule has 0 bridgehead atoms. The van der Waals surface area contributed by atoms with Crippen LogP contribution in [0, 0.1) is 10.1 Å². The van der Waals surface area contributed by atoms with E-state index in [1.54, 1.807) is 0 Å². The fourth-order valence-electron chi connectivity index (χ4n) is 1.32. The molecule has 0 aromatic heterocycles. The van der Waals surface area contributed by atoms with E-state index in [-0.39, 0.29) is 10.5 Å². The van der Waals surface area contributed by atoms with Crippen LogP contribution < -0.4 is 0 Å². The van der Waals surface area contributed by atoms with Crippen LogP contribution in [0.2, 0.25) is 0 Å². The van der Waals surface area contributed by atoms with Crippen LogP contribution in [0.4, 0.5) is 5.69 Å². The number of methoxy groups -OCH3 is 1. The van der Waals surface area contributed by atoms with E-state index >= 15 is 0 Å². The molecule has 8 nitrogen and oxygen atoms in total. The lowest BCUT2D eigenvalue weighted by Gasteiger charge is -2.13. The summed E-state index contributed by atoms with van der Waals surface area (Å²) < 4.78 is 29.4. The van der Waals surface area contributed by atoms with Crippen LogP contribution >= 0.6 is 0 Å². The van der Waals surface area contributed by atoms with Gasteiger partial charge in [0, 0.05) is 26.2 Å². The summed E-state index contributed by atoms with van der Waals surface area (Å²) in [6, 6.07) is 2.91. The zero-order valence-electron chi connectivity index (χ0n) is 10.5. The lowest BCUT2D eigenvalue weighted by Crippen LogP contribution is -2.24. The highest BCUT2D eigenvalue weighted by Crippen LogP contribution is 2.24. The average molecular weight is 288 g/mol. The molecule has 0 fully saturated rings. The topological polar surface area (TPSA) is 107 Å². The Balaban J connectivity index is 3.58. The summed E-state index contributed by atoms with van der Waals surface area (Å²) in [5.41, 5.74) is -0.761. The van der Waals surface area contributed by atoms with Gasteiger partial charge in [-0.05, 0) is 6.07 Å². The summed E-state index contributed by atoms with van der Waals surface area (Å²) >= 11 is 0. The van der Waals surface area contributed by atoms with Crippen LogP contribution in [0.15, 0.2) is 23.1 Å². The van der Waals surface area contributed by atoms with Gasteiger partial charge in [0.2, 0.25) is 10.0 Å². The first kappa shape index (κ1) is 15.1. The van der Waals surface area contributed by atoms with Crippen LogP contribution in [0.1, 0.15) is 10.4 Å². The number of nitro benzene ring substituents is 1. The SMILES string of the molecule is COC(=O)c1cc([N+](=O)[O-])ccc1S(=O)(=O)N(C)C. The van der Waals surface area contributed by atoms with Gasteiger partial charge in [-0.1, -0.05) is 0 Å². The molecule has 0 aliphatic carbocycles. The predicted octanol–water partition coefficient (Wildman–Crippen LogP) is 0.632. The quantitative estimate of drug-likeness (QED) is 0.457. The second-order valence-electron chi connectivity index (χ2n) is 3.72. The number of rotatable bonds is 4. The molecule has 104 valence electrons. The van der Waals surface area contributed by atoms with Crippen molar-refractivity contribution < 1.29 is 22.9 Å². The lowest BCUT2D eigenvalue weighted by atomic mass is 10.2. The van der Waals surface area contributed by atoms with Gasteiger partial charge in [-0.2, -0.15) is 0 Å². The number of esters is 1. The number of carbonyl (C=O) groups is 1. The van der Waals surface area contributed by atoms with Crippen molar-refractivity contribution >= 4 is 21.7 Å². The molecule has 1 rings (SSSR count). The number of nitro groups is 1. The number of nitrogens with zero attached hydrogens (tertiary/aromatic N) is 2. The number of ether oxygens (including phenoxy) is 1. The molecule has 19 heavy (non-hydrogen) atoms. The third-order valence-electron chi connectivity index (χ3n) is 2.34. The Kier molecular flexibility index (Phi) is 4.22. The maximum atomic E-state index is 12.0. The van der Waals surface area contributed by atoms with Crippen molar-refractivity contribution in [2.45, 2.75) is 4.90 Å². The van der Waals surface area contributed by atoms with Crippen LogP contribution in [-0.4, -0.2) is 44.8 Å². The molecule has 0 aliphatic rings. The molecule has 0 atom stereocenters. The molecule has 0 aliphatic heterocycles. The fourth-order valence-corrected chi connectivity index (χ4v) is 2.38. The molecule has 0 amide bonds. The number of carbonyl (C=O) groups excluding carboxylic acids is 1. The molecule has 1 aromatic rings. The van der Waals surface area contributed by atoms with E-state index in [1.807, 2.05) is 0 Å². The Bertz CT molecular complexity index is 623. The minimum atomic E-state index is -3.90. The summed E-state index contributed by atoms with van der Waals surface area (Å²) in [7, 11) is -0.254. The lowest BCUT2D eigenvalue weighted by molar-refractivity contribution is -0.384. The molecule has 0 spiro atoms. The molecule has 0 saturated heterocycles. The van der Waals surface area contributed by atoms with Crippen molar-refractivity contribution in [2.75, 3.05) is 21.2 Å². The monoisotopic (exact) mass is 288 g/mol. The van der Waals surface area contributed by atoms with Crippen molar-refractivity contribution in [1.82, 2.24) is 4.31 Å². The van der Waals surface area contributed by atoms with Crippen LogP contribution in [-0.2, 0) is 14.8 Å². The van der Waals surface area contributed by atoms with Gasteiger partial charge >= 0.3 is 5.97 Å². The maximum absolute atomic E-state index is 12.0. The highest BCUT2D eigenvalue weighted by atomic mass is 32.2. The van der Waals surface area contributed by atoms with Gasteiger partial charge in [-0.15, -0.1) is 0 Å². The summed E-state index contributed by atoms with van der Waals surface area (Å²) in [6.45, 7) is 0. The second kappa shape index (κ2) is 5.33. The van der Waals surface area contributed by atoms with Crippen molar-refractivity contribution in [3.8, 4) is 0 Å². The minimum Gasteiger partial charge on any atom is -0.465 e. The van der Waals surface area contributed by atoms with E-state index in [0.717, 1.165) is 29.6 Å². The molecule has 1 aromatic carbocycles. The standard InChI is InChI=1S/C10H12N2O6S/c1-11(2)19(16,17)9-5-4-7(12(14)15)6-8(9)10(13)18-3/h4-6H,1-3H3. The van der Waals surface area contributed by atoms with E-state index in [9.17, 15) is 23.3 Å². The molecule has 0 heterocycles. The third kappa shape index (κ3) is 2.88.